The van der Waals surface area contributed by atoms with Crippen molar-refractivity contribution in [2.45, 2.75) is 78.4 Å². The van der Waals surface area contributed by atoms with Crippen LogP contribution in [0.3, 0.4) is 0 Å². The van der Waals surface area contributed by atoms with Crippen LogP contribution in [-0.4, -0.2) is 59.1 Å². The number of nitrogens with zero attached hydrogens (tertiary/aromatic N) is 2. The fourth-order valence-corrected chi connectivity index (χ4v) is 4.09. The fraction of sp³-hybridized carbons (Fsp3) is 0.652. The molecule has 0 bridgehead atoms. The quantitative estimate of drug-likeness (QED) is 0.0857. The Labute approximate surface area is 250 Å². The maximum absolute atomic E-state index is 13.3. The molecule has 3 atom stereocenters. The number of nitrogens with one attached hydrogen (secondary N) is 3. The number of amides is 3. The van der Waals surface area contributed by atoms with E-state index in [0.29, 0.717) is 32.2 Å². The summed E-state index contributed by atoms with van der Waals surface area (Å²) in [5.41, 5.74) is 10.7. The van der Waals surface area contributed by atoms with Crippen LogP contribution in [0.1, 0.15) is 70.1 Å². The summed E-state index contributed by atoms with van der Waals surface area (Å²) < 4.78 is 0. The van der Waals surface area contributed by atoms with Gasteiger partial charge in [0.2, 0.25) is 23.5 Å². The molecule has 0 aliphatic rings. The number of rotatable bonds is 15. The molecule has 0 fully saturated rings. The number of guanidine groups is 1. The summed E-state index contributed by atoms with van der Waals surface area (Å²) >= 11 is 1.19. The molecule has 38 heavy (non-hydrogen) atoms. The van der Waals surface area contributed by atoms with Crippen LogP contribution >= 0.6 is 51.8 Å². The predicted octanol–water partition coefficient (Wildman–Crippen LogP) is 1.28. The van der Waals surface area contributed by atoms with Gasteiger partial charge in [-0.25, -0.2) is 4.98 Å². The van der Waals surface area contributed by atoms with Crippen LogP contribution in [0, 0.1) is 11.8 Å². The Kier molecular flexibility index (Phi) is 22.3. The fourth-order valence-electron chi connectivity index (χ4n) is 3.46. The van der Waals surface area contributed by atoms with Crippen LogP contribution < -0.4 is 27.4 Å². The summed E-state index contributed by atoms with van der Waals surface area (Å²) in [7, 11) is 0. The van der Waals surface area contributed by atoms with E-state index in [-0.39, 0.29) is 75.0 Å². The molecule has 0 saturated heterocycles. The molecule has 3 amide bonds. The summed E-state index contributed by atoms with van der Waals surface area (Å²) in [6.45, 7) is 9.39. The monoisotopic (exact) mass is 611 g/mol. The van der Waals surface area contributed by atoms with Gasteiger partial charge in [-0.05, 0) is 37.5 Å². The predicted molar refractivity (Wildman–Crippen MR) is 168 cm³/mol. The van der Waals surface area contributed by atoms with Crippen LogP contribution in [0.4, 0.5) is 0 Å². The van der Waals surface area contributed by atoms with E-state index in [0.717, 1.165) is 0 Å². The van der Waals surface area contributed by atoms with E-state index in [4.69, 9.17) is 11.5 Å². The number of aliphatic imine (C=N–C) groups is 1. The molecule has 0 spiro atoms. The molecule has 0 aromatic carbocycles. The van der Waals surface area contributed by atoms with Crippen molar-refractivity contribution in [3.05, 3.63) is 16.6 Å². The average molecular weight is 612 g/mol. The number of thiazole rings is 1. The average Bonchev–Trinajstić information content (AvgIpc) is 3.28. The number of nitrogens with two attached hydrogens (primary N) is 2. The lowest BCUT2D eigenvalue weighted by molar-refractivity contribution is -0.132. The van der Waals surface area contributed by atoms with Crippen molar-refractivity contribution in [1.82, 2.24) is 20.9 Å². The van der Waals surface area contributed by atoms with Crippen LogP contribution in [0.25, 0.3) is 0 Å². The smallest absolute Gasteiger partial charge is 0.243 e. The SMILES string of the molecule is CC(=O)N[C@@H](CC(C)C)C(=O)N[C@@H](CC(C)C)C(=O)N[C@@H](CCCN=C(N)N)C(=O)c1nccs1.S.S.S. The number of hydrogen-bond donors (Lipinski definition) is 5. The Morgan fingerprint density at radius 2 is 1.39 bits per heavy atom. The van der Waals surface area contributed by atoms with Gasteiger partial charge >= 0.3 is 0 Å². The molecule has 1 aromatic rings. The van der Waals surface area contributed by atoms with E-state index < -0.39 is 29.9 Å². The zero-order chi connectivity index (χ0) is 26.5. The minimum atomic E-state index is -0.879. The molecule has 0 aliphatic heterocycles. The number of carbonyl (C=O) groups is 4. The summed E-state index contributed by atoms with van der Waals surface area (Å²) in [5.74, 6) is -1.37. The molecular formula is C23H45N7O4S4. The molecule has 15 heteroatoms. The summed E-state index contributed by atoms with van der Waals surface area (Å²) in [5, 5.41) is 10.2. The van der Waals surface area contributed by atoms with E-state index in [2.05, 4.69) is 25.9 Å². The molecule has 7 N–H and O–H groups in total. The molecule has 0 radical (unpaired) electrons. The Balaban J connectivity index is -0.00000408. The van der Waals surface area contributed by atoms with Crippen LogP contribution in [-0.2, 0) is 14.4 Å². The van der Waals surface area contributed by atoms with Gasteiger partial charge < -0.3 is 27.4 Å². The standard InChI is InChI=1S/C23H39N7O4S.3H2S/c1-13(2)11-17(28-15(5)31)20(33)30-18(12-14(3)4)21(34)29-16(7-6-8-27-23(24)25)19(32)22-26-9-10-35-22;;;/h9-10,13-14,16-18H,6-8,11-12H2,1-5H3,(H,28,31)(H,29,34)(H,30,33)(H4,24,25,27);3*1H2/t16-,17-,18-;;;/m0.../s1. The number of hydrogen-bond acceptors (Lipinski definition) is 7. The number of ketones is 1. The first-order valence-electron chi connectivity index (χ1n) is 11.8. The largest absolute Gasteiger partial charge is 0.370 e. The minimum absolute atomic E-state index is 0. The molecule has 1 aromatic heterocycles. The van der Waals surface area contributed by atoms with Crippen molar-refractivity contribution < 1.29 is 19.2 Å². The van der Waals surface area contributed by atoms with Gasteiger partial charge in [0.15, 0.2) is 11.0 Å². The molecule has 0 aliphatic carbocycles. The highest BCUT2D eigenvalue weighted by Gasteiger charge is 2.31. The van der Waals surface area contributed by atoms with Gasteiger partial charge in [0.25, 0.3) is 0 Å². The molecule has 0 unspecified atom stereocenters. The van der Waals surface area contributed by atoms with Gasteiger partial charge in [0.05, 0.1) is 6.04 Å². The van der Waals surface area contributed by atoms with Crippen molar-refractivity contribution in [3.8, 4) is 0 Å². The van der Waals surface area contributed by atoms with Crippen LogP contribution in [0.15, 0.2) is 16.6 Å². The van der Waals surface area contributed by atoms with Crippen LogP contribution in [0.5, 0.6) is 0 Å². The highest BCUT2D eigenvalue weighted by atomic mass is 32.1. The first kappa shape index (κ1) is 40.5. The minimum Gasteiger partial charge on any atom is -0.370 e. The van der Waals surface area contributed by atoms with Crippen molar-refractivity contribution in [3.63, 3.8) is 0 Å². The van der Waals surface area contributed by atoms with E-state index >= 15 is 0 Å². The lowest BCUT2D eigenvalue weighted by atomic mass is 9.99. The Bertz CT molecular complexity index is 879. The number of carbonyl (C=O) groups excluding carboxylic acids is 4. The van der Waals surface area contributed by atoms with Gasteiger partial charge in [0, 0.05) is 25.0 Å². The molecular weight excluding hydrogens is 567 g/mol. The highest BCUT2D eigenvalue weighted by Crippen LogP contribution is 2.13. The summed E-state index contributed by atoms with van der Waals surface area (Å²) in [4.78, 5) is 58.8. The first-order chi connectivity index (χ1) is 16.4. The molecule has 1 heterocycles. The van der Waals surface area contributed by atoms with E-state index in [1.807, 2.05) is 27.7 Å². The van der Waals surface area contributed by atoms with Crippen molar-refractivity contribution in [2.24, 2.45) is 28.3 Å². The molecule has 0 saturated carbocycles. The molecule has 220 valence electrons. The zero-order valence-corrected chi connectivity index (χ0v) is 26.5. The third kappa shape index (κ3) is 16.1. The lowest BCUT2D eigenvalue weighted by Gasteiger charge is -2.26. The van der Waals surface area contributed by atoms with Crippen LogP contribution in [0.2, 0.25) is 0 Å². The van der Waals surface area contributed by atoms with E-state index in [1.165, 1.54) is 24.5 Å². The van der Waals surface area contributed by atoms with Crippen molar-refractivity contribution in [1.29, 1.82) is 0 Å². The molecule has 11 nitrogen and oxygen atoms in total. The third-order valence-electron chi connectivity index (χ3n) is 4.96. The number of Topliss-reactive ketones (excluding diaryl/α,β-unsaturated/α-hetero) is 1. The zero-order valence-electron chi connectivity index (χ0n) is 22.7. The first-order valence-corrected chi connectivity index (χ1v) is 12.7. The van der Waals surface area contributed by atoms with Crippen molar-refractivity contribution >= 4 is 81.3 Å². The third-order valence-corrected chi connectivity index (χ3v) is 5.75. The van der Waals surface area contributed by atoms with E-state index in [1.54, 1.807) is 5.38 Å². The maximum atomic E-state index is 13.3. The topological polar surface area (TPSA) is 182 Å². The van der Waals surface area contributed by atoms with Crippen molar-refractivity contribution in [2.75, 3.05) is 6.54 Å². The lowest BCUT2D eigenvalue weighted by Crippen LogP contribution is -2.56. The number of aromatic nitrogens is 1. The van der Waals surface area contributed by atoms with Gasteiger partial charge in [0.1, 0.15) is 12.1 Å². The van der Waals surface area contributed by atoms with Gasteiger partial charge in [-0.1, -0.05) is 27.7 Å². The Hall–Kier alpha value is -1.97. The summed E-state index contributed by atoms with van der Waals surface area (Å²) in [6.07, 6.45) is 3.07. The second-order valence-corrected chi connectivity index (χ2v) is 10.2. The van der Waals surface area contributed by atoms with E-state index in [9.17, 15) is 19.2 Å². The normalized spacial score (nSPS) is 12.5. The Morgan fingerprint density at radius 1 is 0.895 bits per heavy atom. The second-order valence-electron chi connectivity index (χ2n) is 9.28. The van der Waals surface area contributed by atoms with Gasteiger partial charge in [-0.15, -0.1) is 11.3 Å². The van der Waals surface area contributed by atoms with Gasteiger partial charge in [-0.3, -0.25) is 24.2 Å². The maximum Gasteiger partial charge on any atom is 0.243 e. The second kappa shape index (κ2) is 20.9. The highest BCUT2D eigenvalue weighted by molar-refractivity contribution is 7.59. The summed E-state index contributed by atoms with van der Waals surface area (Å²) in [6, 6.07) is -2.49. The van der Waals surface area contributed by atoms with Gasteiger partial charge in [-0.2, -0.15) is 40.5 Å². The molecule has 1 rings (SSSR count). The Morgan fingerprint density at radius 3 is 1.82 bits per heavy atom.